The third-order valence-corrected chi connectivity index (χ3v) is 6.24. The molecule has 1 aromatic heterocycles. The first-order chi connectivity index (χ1) is 14.1. The van der Waals surface area contributed by atoms with E-state index in [0.717, 1.165) is 24.1 Å². The summed E-state index contributed by atoms with van der Waals surface area (Å²) in [4.78, 5) is 24.7. The highest BCUT2D eigenvalue weighted by Gasteiger charge is 2.52. The molecule has 1 fully saturated rings. The molecular weight excluding hydrogens is 416 g/mol. The Morgan fingerprint density at radius 3 is 2.83 bits per heavy atom. The lowest BCUT2D eigenvalue weighted by Gasteiger charge is -2.22. The van der Waals surface area contributed by atoms with Gasteiger partial charge in [-0.2, -0.15) is 8.78 Å². The summed E-state index contributed by atoms with van der Waals surface area (Å²) in [7, 11) is 0. The summed E-state index contributed by atoms with van der Waals surface area (Å²) >= 11 is 1.17. The van der Waals surface area contributed by atoms with E-state index in [1.165, 1.54) is 34.5 Å². The van der Waals surface area contributed by atoms with Crippen molar-refractivity contribution in [3.8, 4) is 5.06 Å². The molecule has 0 saturated carbocycles. The molecule has 2 N–H and O–H groups in total. The van der Waals surface area contributed by atoms with Gasteiger partial charge in [-0.05, 0) is 37.3 Å². The molecule has 1 aliphatic heterocycles. The van der Waals surface area contributed by atoms with Crippen LogP contribution in [0.4, 0.5) is 13.6 Å². The molecule has 0 aliphatic carbocycles. The summed E-state index contributed by atoms with van der Waals surface area (Å²) in [6, 6.07) is 2.50. The summed E-state index contributed by atoms with van der Waals surface area (Å²) in [5.41, 5.74) is 0. The highest BCUT2D eigenvalue weighted by molar-refractivity contribution is 7.13. The fourth-order valence-electron chi connectivity index (χ4n) is 3.45. The van der Waals surface area contributed by atoms with Crippen molar-refractivity contribution in [2.45, 2.75) is 70.4 Å². The number of hydrogen-bond donors (Lipinski definition) is 2. The Balaban J connectivity index is 1.94. The Hall–Kier alpha value is -2.00. The van der Waals surface area contributed by atoms with Crippen molar-refractivity contribution >= 4 is 23.4 Å². The van der Waals surface area contributed by atoms with Crippen LogP contribution in [0.5, 0.6) is 5.06 Å². The second kappa shape index (κ2) is 10.9. The first-order valence-electron chi connectivity index (χ1n) is 10.2. The number of rotatable bonds is 11. The lowest BCUT2D eigenvalue weighted by molar-refractivity contribution is -0.148. The molecule has 1 saturated heterocycles. The van der Waals surface area contributed by atoms with E-state index < -0.39 is 36.6 Å². The molecule has 168 valence electrons. The highest BCUT2D eigenvalue weighted by atomic mass is 32.1. The molecule has 0 spiro atoms. The van der Waals surface area contributed by atoms with Gasteiger partial charge in [-0.3, -0.25) is 4.79 Å². The zero-order valence-electron chi connectivity index (χ0n) is 17.2. The van der Waals surface area contributed by atoms with Gasteiger partial charge in [0.15, 0.2) is 5.06 Å². The first kappa shape index (κ1) is 24.3. The molecule has 6 nitrogen and oxygen atoms in total. The Labute approximate surface area is 179 Å². The van der Waals surface area contributed by atoms with Crippen LogP contribution < -0.4 is 4.74 Å². The minimum absolute atomic E-state index is 0.0216. The first-order valence-corrected chi connectivity index (χ1v) is 11.0. The van der Waals surface area contributed by atoms with Gasteiger partial charge in [0.25, 0.3) is 5.91 Å². The minimum Gasteiger partial charge on any atom is -0.449 e. The fraction of sp³-hybridized carbons (Fsp3) is 0.619. The van der Waals surface area contributed by atoms with E-state index in [2.05, 4.69) is 11.7 Å². The Morgan fingerprint density at radius 1 is 1.43 bits per heavy atom. The summed E-state index contributed by atoms with van der Waals surface area (Å²) in [6.07, 6.45) is 4.15. The fourth-order valence-corrected chi connectivity index (χ4v) is 4.34. The van der Waals surface area contributed by atoms with E-state index in [-0.39, 0.29) is 17.5 Å². The van der Waals surface area contributed by atoms with E-state index in [9.17, 15) is 23.5 Å². The van der Waals surface area contributed by atoms with Gasteiger partial charge >= 0.3 is 12.1 Å². The van der Waals surface area contributed by atoms with Crippen molar-refractivity contribution < 1.29 is 33.3 Å². The minimum atomic E-state index is -3.40. The maximum absolute atomic E-state index is 14.0. The van der Waals surface area contributed by atoms with Crippen molar-refractivity contribution in [3.05, 3.63) is 29.2 Å². The van der Waals surface area contributed by atoms with Crippen LogP contribution in [-0.4, -0.2) is 51.8 Å². The van der Waals surface area contributed by atoms with Gasteiger partial charge in [-0.15, -0.1) is 11.3 Å². The van der Waals surface area contributed by atoms with Gasteiger partial charge in [0.2, 0.25) is 0 Å². The SMILES string of the molecule is CCCC[C@H](C)[C@H](O)/C=C/[C@H]1CC(F)(F)C(=O)N1CCCc1ccc(OC(=O)O)s1. The van der Waals surface area contributed by atoms with Crippen LogP contribution >= 0.6 is 11.3 Å². The Morgan fingerprint density at radius 2 is 2.17 bits per heavy atom. The molecule has 0 bridgehead atoms. The molecule has 0 aromatic carbocycles. The van der Waals surface area contributed by atoms with Crippen LogP contribution in [0.1, 0.15) is 50.8 Å². The van der Waals surface area contributed by atoms with Crippen molar-refractivity contribution in [1.29, 1.82) is 0 Å². The lowest BCUT2D eigenvalue weighted by Crippen LogP contribution is -2.36. The summed E-state index contributed by atoms with van der Waals surface area (Å²) in [6.45, 7) is 4.13. The number of halogens is 2. The van der Waals surface area contributed by atoms with E-state index >= 15 is 0 Å². The van der Waals surface area contributed by atoms with Crippen LogP contribution in [-0.2, 0) is 11.2 Å². The van der Waals surface area contributed by atoms with Crippen molar-refractivity contribution in [1.82, 2.24) is 4.90 Å². The number of amides is 1. The van der Waals surface area contributed by atoms with Crippen LogP contribution in [0.25, 0.3) is 0 Å². The molecule has 1 amide bonds. The van der Waals surface area contributed by atoms with Crippen LogP contribution in [0.2, 0.25) is 0 Å². The topological polar surface area (TPSA) is 87.1 Å². The van der Waals surface area contributed by atoms with E-state index in [1.54, 1.807) is 6.07 Å². The molecule has 30 heavy (non-hydrogen) atoms. The zero-order valence-corrected chi connectivity index (χ0v) is 18.0. The maximum Gasteiger partial charge on any atom is 0.512 e. The predicted octanol–water partition coefficient (Wildman–Crippen LogP) is 4.72. The van der Waals surface area contributed by atoms with Crippen LogP contribution in [0.15, 0.2) is 24.3 Å². The third kappa shape index (κ3) is 6.77. The predicted molar refractivity (Wildman–Crippen MR) is 110 cm³/mol. The Bertz CT molecular complexity index is 752. The number of nitrogens with zero attached hydrogens (tertiary/aromatic N) is 1. The van der Waals surface area contributed by atoms with Gasteiger partial charge in [0.05, 0.1) is 12.1 Å². The third-order valence-electron chi connectivity index (χ3n) is 5.21. The van der Waals surface area contributed by atoms with Crippen molar-refractivity contribution in [2.24, 2.45) is 5.92 Å². The van der Waals surface area contributed by atoms with Gasteiger partial charge in [0.1, 0.15) is 0 Å². The second-order valence-electron chi connectivity index (χ2n) is 7.66. The molecule has 3 atom stereocenters. The number of carboxylic acid groups (broad SMARTS) is 1. The molecule has 0 radical (unpaired) electrons. The van der Waals surface area contributed by atoms with Gasteiger partial charge in [-0.1, -0.05) is 38.8 Å². The number of unbranched alkanes of at least 4 members (excludes halogenated alkanes) is 1. The molecule has 2 heterocycles. The quantitative estimate of drug-likeness (QED) is 0.380. The molecule has 1 aliphatic rings. The van der Waals surface area contributed by atoms with Gasteiger partial charge in [-0.25, -0.2) is 4.79 Å². The number of ether oxygens (including phenoxy) is 1. The van der Waals surface area contributed by atoms with Crippen molar-refractivity contribution in [3.63, 3.8) is 0 Å². The number of carbonyl (C=O) groups is 2. The lowest BCUT2D eigenvalue weighted by atomic mass is 9.97. The summed E-state index contributed by atoms with van der Waals surface area (Å²) in [5.74, 6) is -4.57. The summed E-state index contributed by atoms with van der Waals surface area (Å²) < 4.78 is 32.6. The van der Waals surface area contributed by atoms with Crippen LogP contribution in [0.3, 0.4) is 0 Å². The van der Waals surface area contributed by atoms with Crippen LogP contribution in [0, 0.1) is 5.92 Å². The normalized spacial score (nSPS) is 20.6. The number of alkyl halides is 2. The van der Waals surface area contributed by atoms with E-state index in [4.69, 9.17) is 5.11 Å². The summed E-state index contributed by atoms with van der Waals surface area (Å²) in [5, 5.41) is 19.1. The number of aliphatic hydroxyl groups excluding tert-OH is 1. The zero-order chi connectivity index (χ0) is 22.3. The number of thiophene rings is 1. The largest absolute Gasteiger partial charge is 0.512 e. The average molecular weight is 446 g/mol. The average Bonchev–Trinajstić information content (AvgIpc) is 3.20. The monoisotopic (exact) mass is 445 g/mol. The number of likely N-dealkylation sites (tertiary alicyclic amines) is 1. The second-order valence-corrected chi connectivity index (χ2v) is 8.79. The Kier molecular flexibility index (Phi) is 8.78. The number of carbonyl (C=O) groups excluding carboxylic acids is 1. The highest BCUT2D eigenvalue weighted by Crippen LogP contribution is 2.35. The molecule has 9 heteroatoms. The number of hydrogen-bond acceptors (Lipinski definition) is 5. The number of aliphatic hydroxyl groups is 1. The van der Waals surface area contributed by atoms with Gasteiger partial charge in [0, 0.05) is 17.8 Å². The van der Waals surface area contributed by atoms with E-state index in [1.807, 2.05) is 6.92 Å². The molecule has 1 aromatic rings. The van der Waals surface area contributed by atoms with Crippen molar-refractivity contribution in [2.75, 3.05) is 6.54 Å². The smallest absolute Gasteiger partial charge is 0.449 e. The van der Waals surface area contributed by atoms with Gasteiger partial charge < -0.3 is 19.8 Å². The maximum atomic E-state index is 14.0. The molecule has 2 rings (SSSR count). The number of aryl methyl sites for hydroxylation is 1. The molecular formula is C21H29F2NO5S. The van der Waals surface area contributed by atoms with E-state index in [0.29, 0.717) is 12.8 Å². The molecule has 0 unspecified atom stereocenters. The standard InChI is InChI=1S/C21H29F2NO5S/c1-3-4-6-14(2)17(25)10-8-15-13-21(22,23)19(26)24(15)12-5-7-16-9-11-18(30-16)29-20(27)28/h8-11,14-15,17,25H,3-7,12-13H2,1-2H3,(H,27,28)/b10-8+/t14-,15-,17+/m0/s1.